The topological polar surface area (TPSA) is 53.4 Å². The van der Waals surface area contributed by atoms with E-state index >= 15 is 0 Å². The van der Waals surface area contributed by atoms with E-state index in [2.05, 4.69) is 4.98 Å². The van der Waals surface area contributed by atoms with E-state index in [1.807, 2.05) is 31.0 Å². The molecule has 0 bridgehead atoms. The molecule has 0 aliphatic carbocycles. The number of aliphatic carboxylic acids is 1. The molecule has 0 aromatic carbocycles. The molecule has 4 heteroatoms. The first-order chi connectivity index (χ1) is 7.15. The lowest BCUT2D eigenvalue weighted by atomic mass is 10.1. The zero-order valence-corrected chi connectivity index (χ0v) is 9.05. The van der Waals surface area contributed by atoms with E-state index in [9.17, 15) is 4.79 Å². The molecule has 1 N–H and O–H groups in total. The minimum Gasteiger partial charge on any atom is -0.481 e. The van der Waals surface area contributed by atoms with Crippen molar-refractivity contribution in [3.63, 3.8) is 0 Å². The number of rotatable bonds is 5. The SMILES string of the molecule is CCC(CN(C)c1cccnc1)C(=O)O. The average molecular weight is 208 g/mol. The maximum absolute atomic E-state index is 10.9. The molecule has 15 heavy (non-hydrogen) atoms. The Kier molecular flexibility index (Phi) is 4.09. The minimum absolute atomic E-state index is 0.324. The molecule has 1 unspecified atom stereocenters. The number of carbonyl (C=O) groups is 1. The first-order valence-corrected chi connectivity index (χ1v) is 4.99. The highest BCUT2D eigenvalue weighted by Crippen LogP contribution is 2.13. The molecule has 1 aromatic heterocycles. The third-order valence-corrected chi connectivity index (χ3v) is 2.42. The fraction of sp³-hybridized carbons (Fsp3) is 0.455. The van der Waals surface area contributed by atoms with Gasteiger partial charge in [-0.25, -0.2) is 0 Å². The van der Waals surface area contributed by atoms with E-state index in [-0.39, 0.29) is 5.92 Å². The Morgan fingerprint density at radius 2 is 2.40 bits per heavy atom. The van der Waals surface area contributed by atoms with Crippen LogP contribution in [0.15, 0.2) is 24.5 Å². The molecule has 4 nitrogen and oxygen atoms in total. The van der Waals surface area contributed by atoms with Crippen molar-refractivity contribution in [2.75, 3.05) is 18.5 Å². The van der Waals surface area contributed by atoms with Crippen LogP contribution in [-0.4, -0.2) is 29.7 Å². The lowest BCUT2D eigenvalue weighted by molar-refractivity contribution is -0.141. The van der Waals surface area contributed by atoms with E-state index in [1.54, 1.807) is 12.4 Å². The van der Waals surface area contributed by atoms with E-state index in [1.165, 1.54) is 0 Å². The van der Waals surface area contributed by atoms with E-state index in [0.717, 1.165) is 5.69 Å². The van der Waals surface area contributed by atoms with Crippen LogP contribution in [0.1, 0.15) is 13.3 Å². The van der Waals surface area contributed by atoms with Crippen molar-refractivity contribution < 1.29 is 9.90 Å². The Bertz CT molecular complexity index is 314. The Morgan fingerprint density at radius 1 is 1.67 bits per heavy atom. The molecule has 0 saturated carbocycles. The molecule has 0 radical (unpaired) electrons. The summed E-state index contributed by atoms with van der Waals surface area (Å²) in [6, 6.07) is 3.76. The molecule has 1 heterocycles. The van der Waals surface area contributed by atoms with Gasteiger partial charge in [0.25, 0.3) is 0 Å². The number of carboxylic acid groups (broad SMARTS) is 1. The highest BCUT2D eigenvalue weighted by molar-refractivity contribution is 5.70. The summed E-state index contributed by atoms with van der Waals surface area (Å²) >= 11 is 0. The number of hydrogen-bond donors (Lipinski definition) is 1. The Labute approximate surface area is 89.6 Å². The van der Waals surface area contributed by atoms with Crippen molar-refractivity contribution in [2.24, 2.45) is 5.92 Å². The van der Waals surface area contributed by atoms with Gasteiger partial charge in [0.2, 0.25) is 0 Å². The second-order valence-corrected chi connectivity index (χ2v) is 3.54. The molecular formula is C11H16N2O2. The second kappa shape index (κ2) is 5.34. The zero-order chi connectivity index (χ0) is 11.3. The standard InChI is InChI=1S/C11H16N2O2/c1-3-9(11(14)15)8-13(2)10-5-4-6-12-7-10/h4-7,9H,3,8H2,1-2H3,(H,14,15). The summed E-state index contributed by atoms with van der Waals surface area (Å²) in [4.78, 5) is 16.8. The summed E-state index contributed by atoms with van der Waals surface area (Å²) in [6.45, 7) is 2.40. The highest BCUT2D eigenvalue weighted by Gasteiger charge is 2.17. The fourth-order valence-electron chi connectivity index (χ4n) is 1.40. The summed E-state index contributed by atoms with van der Waals surface area (Å²) in [5.74, 6) is -1.07. The third-order valence-electron chi connectivity index (χ3n) is 2.42. The van der Waals surface area contributed by atoms with Crippen LogP contribution < -0.4 is 4.90 Å². The van der Waals surface area contributed by atoms with E-state index < -0.39 is 5.97 Å². The summed E-state index contributed by atoms with van der Waals surface area (Å²) in [5, 5.41) is 8.93. The summed E-state index contributed by atoms with van der Waals surface area (Å²) in [5.41, 5.74) is 0.942. The third kappa shape index (κ3) is 3.23. The number of pyridine rings is 1. The maximum atomic E-state index is 10.9. The monoisotopic (exact) mass is 208 g/mol. The van der Waals surface area contributed by atoms with Crippen molar-refractivity contribution in [2.45, 2.75) is 13.3 Å². The molecule has 0 fully saturated rings. The van der Waals surface area contributed by atoms with Crippen LogP contribution in [0.5, 0.6) is 0 Å². The molecule has 0 saturated heterocycles. The maximum Gasteiger partial charge on any atom is 0.308 e. The van der Waals surface area contributed by atoms with Crippen LogP contribution >= 0.6 is 0 Å². The largest absolute Gasteiger partial charge is 0.481 e. The van der Waals surface area contributed by atoms with Gasteiger partial charge in [-0.05, 0) is 18.6 Å². The van der Waals surface area contributed by atoms with Gasteiger partial charge >= 0.3 is 5.97 Å². The van der Waals surface area contributed by atoms with Crippen LogP contribution in [-0.2, 0) is 4.79 Å². The van der Waals surface area contributed by atoms with Crippen LogP contribution in [0.3, 0.4) is 0 Å². The Morgan fingerprint density at radius 3 is 2.87 bits per heavy atom. The number of carboxylic acids is 1. The van der Waals surface area contributed by atoms with Gasteiger partial charge in [0, 0.05) is 19.8 Å². The van der Waals surface area contributed by atoms with Crippen molar-refractivity contribution >= 4 is 11.7 Å². The molecule has 0 amide bonds. The van der Waals surface area contributed by atoms with Crippen LogP contribution in [0, 0.1) is 5.92 Å². The van der Waals surface area contributed by atoms with Crippen LogP contribution in [0.25, 0.3) is 0 Å². The predicted molar refractivity (Wildman–Crippen MR) is 58.9 cm³/mol. The van der Waals surface area contributed by atoms with Crippen molar-refractivity contribution in [3.8, 4) is 0 Å². The Hall–Kier alpha value is -1.58. The van der Waals surface area contributed by atoms with Gasteiger partial charge in [-0.2, -0.15) is 0 Å². The summed E-state index contributed by atoms with van der Waals surface area (Å²) in [6.07, 6.45) is 4.07. The van der Waals surface area contributed by atoms with Gasteiger partial charge in [-0.1, -0.05) is 6.92 Å². The normalized spacial score (nSPS) is 12.1. The first kappa shape index (κ1) is 11.5. The Balaban J connectivity index is 2.62. The van der Waals surface area contributed by atoms with Gasteiger partial charge in [-0.15, -0.1) is 0 Å². The lowest BCUT2D eigenvalue weighted by Crippen LogP contribution is -2.29. The predicted octanol–water partition coefficient (Wildman–Crippen LogP) is 1.63. The van der Waals surface area contributed by atoms with Gasteiger partial charge in [0.15, 0.2) is 0 Å². The van der Waals surface area contributed by atoms with Crippen LogP contribution in [0.4, 0.5) is 5.69 Å². The lowest BCUT2D eigenvalue weighted by Gasteiger charge is -2.22. The molecule has 0 aliphatic rings. The second-order valence-electron chi connectivity index (χ2n) is 3.54. The van der Waals surface area contributed by atoms with E-state index in [0.29, 0.717) is 13.0 Å². The van der Waals surface area contributed by atoms with Gasteiger partial charge in [-0.3, -0.25) is 9.78 Å². The number of nitrogens with zero attached hydrogens (tertiary/aromatic N) is 2. The van der Waals surface area contributed by atoms with Crippen LogP contribution in [0.2, 0.25) is 0 Å². The first-order valence-electron chi connectivity index (χ1n) is 4.99. The van der Waals surface area contributed by atoms with Crippen molar-refractivity contribution in [3.05, 3.63) is 24.5 Å². The quantitative estimate of drug-likeness (QED) is 0.799. The summed E-state index contributed by atoms with van der Waals surface area (Å²) < 4.78 is 0. The fourth-order valence-corrected chi connectivity index (χ4v) is 1.40. The van der Waals surface area contributed by atoms with Crippen molar-refractivity contribution in [1.82, 2.24) is 4.98 Å². The van der Waals surface area contributed by atoms with E-state index in [4.69, 9.17) is 5.11 Å². The zero-order valence-electron chi connectivity index (χ0n) is 9.05. The molecule has 1 rings (SSSR count). The molecule has 82 valence electrons. The minimum atomic E-state index is -0.742. The molecule has 0 aliphatic heterocycles. The van der Waals surface area contributed by atoms with Gasteiger partial charge in [0.1, 0.15) is 0 Å². The molecule has 1 aromatic rings. The highest BCUT2D eigenvalue weighted by atomic mass is 16.4. The molecule has 1 atom stereocenters. The van der Waals surface area contributed by atoms with Gasteiger partial charge < -0.3 is 10.0 Å². The average Bonchev–Trinajstić information content (AvgIpc) is 2.26. The molecular weight excluding hydrogens is 192 g/mol. The number of anilines is 1. The number of aromatic nitrogens is 1. The van der Waals surface area contributed by atoms with Gasteiger partial charge in [0.05, 0.1) is 17.8 Å². The smallest absolute Gasteiger partial charge is 0.308 e. The van der Waals surface area contributed by atoms with Crippen molar-refractivity contribution in [1.29, 1.82) is 0 Å². The summed E-state index contributed by atoms with van der Waals surface area (Å²) in [7, 11) is 1.88. The molecule has 0 spiro atoms. The number of hydrogen-bond acceptors (Lipinski definition) is 3.